The van der Waals surface area contributed by atoms with Crippen LogP contribution in [0.3, 0.4) is 0 Å². The molecule has 2 aromatic heterocycles. The summed E-state index contributed by atoms with van der Waals surface area (Å²) in [6.07, 6.45) is 3.15. The van der Waals surface area contributed by atoms with Crippen molar-refractivity contribution in [2.75, 3.05) is 25.0 Å². The van der Waals surface area contributed by atoms with Crippen LogP contribution in [-0.4, -0.2) is 46.4 Å². The molecule has 8 nitrogen and oxygen atoms in total. The highest BCUT2D eigenvalue weighted by Crippen LogP contribution is 2.37. The fourth-order valence-electron chi connectivity index (χ4n) is 4.06. The van der Waals surface area contributed by atoms with Crippen molar-refractivity contribution in [1.29, 1.82) is 0 Å². The van der Waals surface area contributed by atoms with Crippen LogP contribution >= 0.6 is 11.3 Å². The Balaban J connectivity index is 1.39. The average Bonchev–Trinajstić information content (AvgIpc) is 3.46. The topological polar surface area (TPSA) is 107 Å². The summed E-state index contributed by atoms with van der Waals surface area (Å²) in [7, 11) is 0. The Hall–Kier alpha value is -3.85. The summed E-state index contributed by atoms with van der Waals surface area (Å²) in [5, 5.41) is 2.88. The molecule has 0 bridgehead atoms. The molecular formula is C25H24N4O4S. The molecule has 0 aliphatic carbocycles. The molecule has 2 aromatic carbocycles. The van der Waals surface area contributed by atoms with Crippen molar-refractivity contribution in [3.63, 3.8) is 0 Å². The molecule has 0 radical (unpaired) electrons. The summed E-state index contributed by atoms with van der Waals surface area (Å²) in [5.74, 6) is -0.0342. The lowest BCUT2D eigenvalue weighted by Gasteiger charge is -2.26. The van der Waals surface area contributed by atoms with Crippen LogP contribution in [0.1, 0.15) is 28.9 Å². The van der Waals surface area contributed by atoms with Crippen molar-refractivity contribution in [2.24, 2.45) is 0 Å². The summed E-state index contributed by atoms with van der Waals surface area (Å²) in [5.41, 5.74) is 2.45. The average molecular weight is 477 g/mol. The summed E-state index contributed by atoms with van der Waals surface area (Å²) >= 11 is 1.31. The van der Waals surface area contributed by atoms with Crippen molar-refractivity contribution in [1.82, 2.24) is 14.9 Å². The number of amides is 2. The number of aromatic nitrogens is 2. The molecule has 1 aliphatic rings. The number of aromatic amines is 2. The number of hydrogen-bond acceptors (Lipinski definition) is 5. The van der Waals surface area contributed by atoms with Crippen LogP contribution in [0.4, 0.5) is 5.69 Å². The normalized spacial score (nSPS) is 13.7. The first-order chi connectivity index (χ1) is 16.6. The number of thiophene rings is 1. The van der Waals surface area contributed by atoms with Gasteiger partial charge in [-0.25, -0.2) is 4.79 Å². The van der Waals surface area contributed by atoms with E-state index in [0.29, 0.717) is 27.3 Å². The van der Waals surface area contributed by atoms with Gasteiger partial charge in [0, 0.05) is 23.7 Å². The van der Waals surface area contributed by atoms with E-state index in [1.165, 1.54) is 11.3 Å². The first kappa shape index (κ1) is 22.0. The van der Waals surface area contributed by atoms with E-state index in [-0.39, 0.29) is 24.1 Å². The standard InChI is InChI=1S/C25H24N4O4S/c30-22(29-11-5-2-6-12-29)15-33-20-14-21(16-7-3-1-4-8-16)34-23(20)24(31)26-17-9-10-18-19(13-17)28-25(32)27-18/h1,3-4,7-10,13-14H,2,5-6,11-12,15H2,(H,26,31)(H2,27,28,32). The zero-order chi connectivity index (χ0) is 23.5. The van der Waals surface area contributed by atoms with Gasteiger partial charge in [0.2, 0.25) is 0 Å². The predicted molar refractivity (Wildman–Crippen MR) is 133 cm³/mol. The second-order valence-corrected chi connectivity index (χ2v) is 9.25. The lowest BCUT2D eigenvalue weighted by molar-refractivity contribution is -0.134. The molecule has 34 heavy (non-hydrogen) atoms. The number of nitrogens with zero attached hydrogens (tertiary/aromatic N) is 1. The first-order valence-corrected chi connectivity index (χ1v) is 12.0. The number of benzene rings is 2. The van der Waals surface area contributed by atoms with Gasteiger partial charge in [-0.15, -0.1) is 11.3 Å². The van der Waals surface area contributed by atoms with E-state index in [2.05, 4.69) is 15.3 Å². The molecular weight excluding hydrogens is 452 g/mol. The number of rotatable bonds is 6. The number of anilines is 1. The minimum atomic E-state index is -0.343. The number of likely N-dealkylation sites (tertiary alicyclic amines) is 1. The third kappa shape index (κ3) is 4.74. The van der Waals surface area contributed by atoms with Crippen molar-refractivity contribution in [3.05, 3.63) is 70.0 Å². The molecule has 2 amide bonds. The Bertz CT molecular complexity index is 1380. The van der Waals surface area contributed by atoms with E-state index in [0.717, 1.165) is 42.8 Å². The minimum absolute atomic E-state index is 0.0691. The Morgan fingerprint density at radius 3 is 2.53 bits per heavy atom. The van der Waals surface area contributed by atoms with Crippen LogP contribution in [0.15, 0.2) is 59.4 Å². The molecule has 174 valence electrons. The summed E-state index contributed by atoms with van der Waals surface area (Å²) < 4.78 is 5.89. The first-order valence-electron chi connectivity index (χ1n) is 11.2. The van der Waals surface area contributed by atoms with E-state index in [4.69, 9.17) is 4.74 Å². The fourth-order valence-corrected chi connectivity index (χ4v) is 5.06. The van der Waals surface area contributed by atoms with Crippen LogP contribution in [0, 0.1) is 0 Å². The monoisotopic (exact) mass is 476 g/mol. The van der Waals surface area contributed by atoms with Gasteiger partial charge in [0.05, 0.1) is 11.0 Å². The second kappa shape index (κ2) is 9.56. The molecule has 9 heteroatoms. The van der Waals surface area contributed by atoms with Gasteiger partial charge < -0.3 is 24.9 Å². The Morgan fingerprint density at radius 1 is 0.971 bits per heavy atom. The molecule has 1 aliphatic heterocycles. The van der Waals surface area contributed by atoms with Gasteiger partial charge in [0.25, 0.3) is 11.8 Å². The van der Waals surface area contributed by atoms with Gasteiger partial charge in [-0.05, 0) is 49.1 Å². The smallest absolute Gasteiger partial charge is 0.323 e. The Morgan fingerprint density at radius 2 is 1.74 bits per heavy atom. The van der Waals surface area contributed by atoms with Gasteiger partial charge in [0.15, 0.2) is 6.61 Å². The SMILES string of the molecule is O=C(Nc1ccc2[nH]c(=O)[nH]c2c1)c1sc(-c2ccccc2)cc1OCC(=O)N1CCCCC1. The summed E-state index contributed by atoms with van der Waals surface area (Å²) in [4.78, 5) is 45.8. The lowest BCUT2D eigenvalue weighted by Crippen LogP contribution is -2.38. The van der Waals surface area contributed by atoms with Gasteiger partial charge >= 0.3 is 5.69 Å². The van der Waals surface area contributed by atoms with E-state index in [1.54, 1.807) is 18.2 Å². The highest BCUT2D eigenvalue weighted by atomic mass is 32.1. The van der Waals surface area contributed by atoms with Gasteiger partial charge in [-0.3, -0.25) is 9.59 Å². The van der Waals surface area contributed by atoms with E-state index >= 15 is 0 Å². The number of hydrogen-bond donors (Lipinski definition) is 3. The van der Waals surface area contributed by atoms with Crippen molar-refractivity contribution < 1.29 is 14.3 Å². The predicted octanol–water partition coefficient (Wildman–Crippen LogP) is 4.23. The molecule has 0 saturated carbocycles. The molecule has 3 N–H and O–H groups in total. The molecule has 0 spiro atoms. The number of imidazole rings is 1. The molecule has 5 rings (SSSR count). The van der Waals surface area contributed by atoms with Crippen molar-refractivity contribution in [3.8, 4) is 16.2 Å². The zero-order valence-corrected chi connectivity index (χ0v) is 19.2. The Labute approximate surface area is 199 Å². The van der Waals surface area contributed by atoms with Crippen LogP contribution in [0.2, 0.25) is 0 Å². The van der Waals surface area contributed by atoms with E-state index in [9.17, 15) is 14.4 Å². The maximum absolute atomic E-state index is 13.2. The van der Waals surface area contributed by atoms with Crippen LogP contribution in [-0.2, 0) is 4.79 Å². The van der Waals surface area contributed by atoms with Crippen LogP contribution in [0.5, 0.6) is 5.75 Å². The number of H-pyrrole nitrogens is 2. The molecule has 0 unspecified atom stereocenters. The van der Waals surface area contributed by atoms with Crippen molar-refractivity contribution >= 4 is 39.9 Å². The number of ether oxygens (including phenoxy) is 1. The summed E-state index contributed by atoms with van der Waals surface area (Å²) in [6.45, 7) is 1.39. The van der Waals surface area contributed by atoms with Crippen molar-refractivity contribution in [2.45, 2.75) is 19.3 Å². The number of carbonyl (C=O) groups is 2. The lowest BCUT2D eigenvalue weighted by atomic mass is 10.1. The summed E-state index contributed by atoms with van der Waals surface area (Å²) in [6, 6.07) is 16.7. The minimum Gasteiger partial charge on any atom is -0.482 e. The number of piperidine rings is 1. The van der Waals surface area contributed by atoms with Gasteiger partial charge in [-0.1, -0.05) is 30.3 Å². The van der Waals surface area contributed by atoms with Crippen LogP contribution < -0.4 is 15.7 Å². The number of carbonyl (C=O) groups excluding carboxylic acids is 2. The number of fused-ring (bicyclic) bond motifs is 1. The molecule has 1 saturated heterocycles. The van der Waals surface area contributed by atoms with Gasteiger partial charge in [-0.2, -0.15) is 0 Å². The quantitative estimate of drug-likeness (QED) is 0.387. The van der Waals surface area contributed by atoms with Crippen LogP contribution in [0.25, 0.3) is 21.5 Å². The Kier molecular flexibility index (Phi) is 6.18. The van der Waals surface area contributed by atoms with Gasteiger partial charge in [0.1, 0.15) is 10.6 Å². The maximum Gasteiger partial charge on any atom is 0.323 e. The molecule has 0 atom stereocenters. The van der Waals surface area contributed by atoms with E-state index < -0.39 is 0 Å². The maximum atomic E-state index is 13.2. The highest BCUT2D eigenvalue weighted by molar-refractivity contribution is 7.17. The number of nitrogens with one attached hydrogen (secondary N) is 3. The van der Waals surface area contributed by atoms with E-state index in [1.807, 2.05) is 41.3 Å². The second-order valence-electron chi connectivity index (χ2n) is 8.19. The zero-order valence-electron chi connectivity index (χ0n) is 18.4. The molecule has 4 aromatic rings. The highest BCUT2D eigenvalue weighted by Gasteiger charge is 2.22. The third-order valence-electron chi connectivity index (χ3n) is 5.80. The third-order valence-corrected chi connectivity index (χ3v) is 6.96. The molecule has 1 fully saturated rings. The fraction of sp³-hybridized carbons (Fsp3) is 0.240. The largest absolute Gasteiger partial charge is 0.482 e. The molecule has 3 heterocycles.